The summed E-state index contributed by atoms with van der Waals surface area (Å²) in [6.07, 6.45) is 7.19. The first kappa shape index (κ1) is 12.3. The number of primary amides is 1. The number of nitrogens with two attached hydrogens (primary N) is 1. The Morgan fingerprint density at radius 3 is 2.94 bits per heavy atom. The van der Waals surface area contributed by atoms with Gasteiger partial charge in [-0.1, -0.05) is 0 Å². The summed E-state index contributed by atoms with van der Waals surface area (Å²) in [5.41, 5.74) is 4.78. The van der Waals surface area contributed by atoms with Gasteiger partial charge in [-0.15, -0.1) is 11.8 Å². The smallest absolute Gasteiger partial charge is 0.238 e. The lowest BCUT2D eigenvalue weighted by molar-refractivity contribution is -0.123. The molecule has 1 heterocycles. The summed E-state index contributed by atoms with van der Waals surface area (Å²) in [6, 6.07) is 0.440. The Balaban J connectivity index is 1.95. The molecule has 17 heavy (non-hydrogen) atoms. The van der Waals surface area contributed by atoms with Crippen molar-refractivity contribution in [2.45, 2.75) is 36.4 Å². The highest BCUT2D eigenvalue weighted by molar-refractivity contribution is 7.99. The third-order valence-corrected chi connectivity index (χ3v) is 3.92. The lowest BCUT2D eigenvalue weighted by atomic mass is 10.1. The highest BCUT2D eigenvalue weighted by atomic mass is 32.2. The molecule has 1 aromatic rings. The zero-order chi connectivity index (χ0) is 12.3. The number of nitrogens with zero attached hydrogens (tertiary/aromatic N) is 2. The SMILES string of the molecule is CC(CSc1cnccn1)(NC1CC1)C(N)=O. The van der Waals surface area contributed by atoms with Gasteiger partial charge in [0.15, 0.2) is 0 Å². The van der Waals surface area contributed by atoms with E-state index in [2.05, 4.69) is 15.3 Å². The maximum Gasteiger partial charge on any atom is 0.238 e. The molecule has 0 aliphatic heterocycles. The molecule has 1 aromatic heterocycles. The predicted molar refractivity (Wildman–Crippen MR) is 66.5 cm³/mol. The van der Waals surface area contributed by atoms with E-state index in [9.17, 15) is 4.79 Å². The second kappa shape index (κ2) is 5.01. The molecule has 1 fully saturated rings. The molecule has 1 aliphatic rings. The molecule has 92 valence electrons. The second-order valence-electron chi connectivity index (χ2n) is 4.45. The van der Waals surface area contributed by atoms with E-state index < -0.39 is 5.54 Å². The third kappa shape index (κ3) is 3.41. The molecule has 2 rings (SSSR count). The number of hydrogen-bond acceptors (Lipinski definition) is 5. The normalized spacial score (nSPS) is 18.6. The molecule has 0 saturated heterocycles. The molecule has 0 radical (unpaired) electrons. The van der Waals surface area contributed by atoms with E-state index in [-0.39, 0.29) is 5.91 Å². The van der Waals surface area contributed by atoms with Crippen LogP contribution in [0.1, 0.15) is 19.8 Å². The van der Waals surface area contributed by atoms with E-state index in [1.807, 2.05) is 6.92 Å². The summed E-state index contributed by atoms with van der Waals surface area (Å²) < 4.78 is 0. The van der Waals surface area contributed by atoms with E-state index in [1.54, 1.807) is 18.6 Å². The van der Waals surface area contributed by atoms with Gasteiger partial charge in [0.25, 0.3) is 0 Å². The highest BCUT2D eigenvalue weighted by Crippen LogP contribution is 2.26. The monoisotopic (exact) mass is 252 g/mol. The van der Waals surface area contributed by atoms with Crippen LogP contribution in [0.3, 0.4) is 0 Å². The number of carbonyl (C=O) groups excluding carboxylic acids is 1. The van der Waals surface area contributed by atoms with Crippen LogP contribution < -0.4 is 11.1 Å². The zero-order valence-electron chi connectivity index (χ0n) is 9.72. The Hall–Kier alpha value is -1.14. The zero-order valence-corrected chi connectivity index (χ0v) is 10.5. The molecule has 1 amide bonds. The number of hydrogen-bond donors (Lipinski definition) is 2. The van der Waals surface area contributed by atoms with Crippen LogP contribution in [0.4, 0.5) is 0 Å². The van der Waals surface area contributed by atoms with Gasteiger partial charge in [0, 0.05) is 24.2 Å². The molecular formula is C11H16N4OS. The topological polar surface area (TPSA) is 80.9 Å². The molecule has 1 unspecified atom stereocenters. The van der Waals surface area contributed by atoms with Crippen LogP contribution in [0, 0.1) is 0 Å². The minimum absolute atomic E-state index is 0.319. The number of aromatic nitrogens is 2. The molecule has 3 N–H and O–H groups in total. The summed E-state index contributed by atoms with van der Waals surface area (Å²) in [6.45, 7) is 1.84. The van der Waals surface area contributed by atoms with Crippen LogP contribution in [-0.2, 0) is 4.79 Å². The number of nitrogens with one attached hydrogen (secondary N) is 1. The van der Waals surface area contributed by atoms with Crippen LogP contribution in [0.5, 0.6) is 0 Å². The quantitative estimate of drug-likeness (QED) is 0.723. The van der Waals surface area contributed by atoms with Gasteiger partial charge in [-0.3, -0.25) is 9.78 Å². The van der Waals surface area contributed by atoms with Gasteiger partial charge in [0.05, 0.1) is 6.20 Å². The lowest BCUT2D eigenvalue weighted by Crippen LogP contribution is -2.55. The van der Waals surface area contributed by atoms with Crippen LogP contribution in [0.15, 0.2) is 23.6 Å². The lowest BCUT2D eigenvalue weighted by Gasteiger charge is -2.26. The average molecular weight is 252 g/mol. The largest absolute Gasteiger partial charge is 0.368 e. The predicted octanol–water partition coefficient (Wildman–Crippen LogP) is 0.565. The van der Waals surface area contributed by atoms with Crippen LogP contribution >= 0.6 is 11.8 Å². The Bertz CT molecular complexity index is 396. The summed E-state index contributed by atoms with van der Waals surface area (Å²) in [5.74, 6) is 0.248. The summed E-state index contributed by atoms with van der Waals surface area (Å²) in [4.78, 5) is 19.7. The van der Waals surface area contributed by atoms with Crippen molar-refractivity contribution < 1.29 is 4.79 Å². The minimum atomic E-state index is -0.677. The molecule has 0 bridgehead atoms. The van der Waals surface area contributed by atoms with Crippen molar-refractivity contribution in [1.82, 2.24) is 15.3 Å². The molecule has 1 aliphatic carbocycles. The van der Waals surface area contributed by atoms with Gasteiger partial charge in [0.2, 0.25) is 5.91 Å². The average Bonchev–Trinajstić information content (AvgIpc) is 3.11. The summed E-state index contributed by atoms with van der Waals surface area (Å²) in [7, 11) is 0. The Morgan fingerprint density at radius 2 is 2.41 bits per heavy atom. The van der Waals surface area contributed by atoms with Gasteiger partial charge in [-0.2, -0.15) is 0 Å². The third-order valence-electron chi connectivity index (χ3n) is 2.69. The van der Waals surface area contributed by atoms with Crippen molar-refractivity contribution in [3.8, 4) is 0 Å². The van der Waals surface area contributed by atoms with E-state index >= 15 is 0 Å². The van der Waals surface area contributed by atoms with Gasteiger partial charge >= 0.3 is 0 Å². The Labute approximate surface area is 105 Å². The fourth-order valence-electron chi connectivity index (χ4n) is 1.44. The van der Waals surface area contributed by atoms with Crippen molar-refractivity contribution in [3.05, 3.63) is 18.6 Å². The van der Waals surface area contributed by atoms with Gasteiger partial charge < -0.3 is 11.1 Å². The molecular weight excluding hydrogens is 236 g/mol. The van der Waals surface area contributed by atoms with Gasteiger partial charge in [-0.05, 0) is 19.8 Å². The van der Waals surface area contributed by atoms with E-state index in [0.29, 0.717) is 11.8 Å². The van der Waals surface area contributed by atoms with Crippen molar-refractivity contribution in [2.75, 3.05) is 5.75 Å². The first-order valence-electron chi connectivity index (χ1n) is 5.56. The van der Waals surface area contributed by atoms with E-state index in [4.69, 9.17) is 5.73 Å². The van der Waals surface area contributed by atoms with Crippen LogP contribution in [-0.4, -0.2) is 33.2 Å². The van der Waals surface area contributed by atoms with Crippen molar-refractivity contribution >= 4 is 17.7 Å². The summed E-state index contributed by atoms with van der Waals surface area (Å²) >= 11 is 1.49. The van der Waals surface area contributed by atoms with Crippen LogP contribution in [0.25, 0.3) is 0 Å². The molecule has 0 aromatic carbocycles. The maximum atomic E-state index is 11.5. The van der Waals surface area contributed by atoms with Crippen molar-refractivity contribution in [1.29, 1.82) is 0 Å². The van der Waals surface area contributed by atoms with Gasteiger partial charge in [0.1, 0.15) is 10.6 Å². The summed E-state index contributed by atoms with van der Waals surface area (Å²) in [5, 5.41) is 4.10. The molecule has 5 nitrogen and oxygen atoms in total. The van der Waals surface area contributed by atoms with E-state index in [1.165, 1.54) is 11.8 Å². The number of amides is 1. The van der Waals surface area contributed by atoms with Crippen molar-refractivity contribution in [3.63, 3.8) is 0 Å². The second-order valence-corrected chi connectivity index (χ2v) is 5.44. The fourth-order valence-corrected chi connectivity index (χ4v) is 2.37. The highest BCUT2D eigenvalue weighted by Gasteiger charge is 2.37. The minimum Gasteiger partial charge on any atom is -0.368 e. The Morgan fingerprint density at radius 1 is 1.65 bits per heavy atom. The number of rotatable bonds is 6. The van der Waals surface area contributed by atoms with Gasteiger partial charge in [-0.25, -0.2) is 4.98 Å². The molecule has 6 heteroatoms. The fraction of sp³-hybridized carbons (Fsp3) is 0.545. The first-order chi connectivity index (χ1) is 8.10. The number of thioether (sulfide) groups is 1. The maximum absolute atomic E-state index is 11.5. The standard InChI is InChI=1S/C11H16N4OS/c1-11(10(12)16,15-8-2-3-8)7-17-9-6-13-4-5-14-9/h4-6,8,15H,2-3,7H2,1H3,(H2,12,16). The first-order valence-corrected chi connectivity index (χ1v) is 6.55. The Kier molecular flexibility index (Phi) is 3.63. The molecule has 1 atom stereocenters. The van der Waals surface area contributed by atoms with Crippen LogP contribution in [0.2, 0.25) is 0 Å². The molecule has 0 spiro atoms. The van der Waals surface area contributed by atoms with Crippen molar-refractivity contribution in [2.24, 2.45) is 5.73 Å². The molecule has 1 saturated carbocycles. The number of carbonyl (C=O) groups is 1. The van der Waals surface area contributed by atoms with E-state index in [0.717, 1.165) is 17.9 Å².